The molecular formula is C12H25NOS. The molecule has 0 saturated carbocycles. The molecular weight excluding hydrogens is 206 g/mol. The predicted octanol–water partition coefficient (Wildman–Crippen LogP) is 2.31. The number of rotatable bonds is 5. The summed E-state index contributed by atoms with van der Waals surface area (Å²) in [4.78, 5) is 0. The molecule has 0 bridgehead atoms. The van der Waals surface area contributed by atoms with Crippen LogP contribution in [-0.4, -0.2) is 27.8 Å². The monoisotopic (exact) mass is 231 g/mol. The van der Waals surface area contributed by atoms with Crippen molar-refractivity contribution < 1.29 is 4.21 Å². The fourth-order valence-electron chi connectivity index (χ4n) is 2.20. The smallest absolute Gasteiger partial charge is 0.0249 e. The zero-order chi connectivity index (χ0) is 11.3. The van der Waals surface area contributed by atoms with Crippen LogP contribution < -0.4 is 5.32 Å². The zero-order valence-corrected chi connectivity index (χ0v) is 11.1. The lowest BCUT2D eigenvalue weighted by Gasteiger charge is -2.27. The molecule has 1 fully saturated rings. The molecule has 0 spiro atoms. The second-order valence-electron chi connectivity index (χ2n) is 4.94. The molecule has 1 aliphatic rings. The highest BCUT2D eigenvalue weighted by Crippen LogP contribution is 2.14. The van der Waals surface area contributed by atoms with E-state index < -0.39 is 10.8 Å². The minimum Gasteiger partial charge on any atom is -0.311 e. The normalized spacial score (nSPS) is 31.1. The number of hydrogen-bond acceptors (Lipinski definition) is 2. The van der Waals surface area contributed by atoms with Gasteiger partial charge in [0, 0.05) is 34.4 Å². The van der Waals surface area contributed by atoms with Gasteiger partial charge in [-0.05, 0) is 32.1 Å². The maximum absolute atomic E-state index is 11.2. The fraction of sp³-hybridized carbons (Fsp3) is 1.00. The topological polar surface area (TPSA) is 29.1 Å². The first-order valence-corrected chi connectivity index (χ1v) is 7.71. The number of nitrogens with one attached hydrogen (secondary N) is 1. The molecule has 3 heteroatoms. The summed E-state index contributed by atoms with van der Waals surface area (Å²) in [5, 5.41) is 3.67. The Kier molecular flexibility index (Phi) is 5.83. The van der Waals surface area contributed by atoms with Crippen molar-refractivity contribution in [3.05, 3.63) is 0 Å². The van der Waals surface area contributed by atoms with E-state index >= 15 is 0 Å². The Labute approximate surface area is 96.7 Å². The molecule has 2 unspecified atom stereocenters. The third-order valence-corrected chi connectivity index (χ3v) is 4.74. The van der Waals surface area contributed by atoms with Crippen LogP contribution in [0.1, 0.15) is 46.5 Å². The van der Waals surface area contributed by atoms with Crippen molar-refractivity contribution in [2.24, 2.45) is 5.92 Å². The molecule has 1 N–H and O–H groups in total. The van der Waals surface area contributed by atoms with Crippen molar-refractivity contribution >= 4 is 10.8 Å². The summed E-state index contributed by atoms with van der Waals surface area (Å²) in [5.74, 6) is 2.60. The highest BCUT2D eigenvalue weighted by Gasteiger charge is 2.19. The first-order valence-electron chi connectivity index (χ1n) is 6.22. The van der Waals surface area contributed by atoms with Crippen LogP contribution in [0.3, 0.4) is 0 Å². The molecule has 0 amide bonds. The largest absolute Gasteiger partial charge is 0.311 e. The molecule has 2 nitrogen and oxygen atoms in total. The van der Waals surface area contributed by atoms with Crippen LogP contribution in [0.25, 0.3) is 0 Å². The summed E-state index contributed by atoms with van der Waals surface area (Å²) in [6, 6.07) is 1.22. The van der Waals surface area contributed by atoms with Gasteiger partial charge in [-0.1, -0.05) is 20.3 Å². The summed E-state index contributed by atoms with van der Waals surface area (Å²) >= 11 is 0. The van der Waals surface area contributed by atoms with Crippen LogP contribution in [0.5, 0.6) is 0 Å². The Morgan fingerprint density at radius 1 is 1.33 bits per heavy atom. The van der Waals surface area contributed by atoms with Gasteiger partial charge in [-0.15, -0.1) is 0 Å². The van der Waals surface area contributed by atoms with E-state index in [0.29, 0.717) is 12.1 Å². The summed E-state index contributed by atoms with van der Waals surface area (Å²) in [6.07, 6.45) is 4.71. The van der Waals surface area contributed by atoms with Crippen LogP contribution in [0.2, 0.25) is 0 Å². The summed E-state index contributed by atoms with van der Waals surface area (Å²) in [5.41, 5.74) is 0. The lowest BCUT2D eigenvalue weighted by Crippen LogP contribution is -2.41. The Morgan fingerprint density at radius 3 is 2.47 bits per heavy atom. The summed E-state index contributed by atoms with van der Waals surface area (Å²) in [7, 11) is -0.528. The van der Waals surface area contributed by atoms with Gasteiger partial charge in [0.05, 0.1) is 0 Å². The average molecular weight is 231 g/mol. The van der Waals surface area contributed by atoms with Gasteiger partial charge in [0.2, 0.25) is 0 Å². The molecule has 0 aliphatic carbocycles. The molecule has 0 aromatic carbocycles. The van der Waals surface area contributed by atoms with Crippen LogP contribution in [0.4, 0.5) is 0 Å². The molecule has 0 radical (unpaired) electrons. The van der Waals surface area contributed by atoms with Crippen LogP contribution >= 0.6 is 0 Å². The van der Waals surface area contributed by atoms with Gasteiger partial charge in [0.1, 0.15) is 0 Å². The van der Waals surface area contributed by atoms with Crippen molar-refractivity contribution in [3.63, 3.8) is 0 Å². The van der Waals surface area contributed by atoms with Crippen molar-refractivity contribution in [1.82, 2.24) is 5.32 Å². The second-order valence-corrected chi connectivity index (χ2v) is 6.64. The third kappa shape index (κ3) is 5.12. The van der Waals surface area contributed by atoms with E-state index in [-0.39, 0.29) is 0 Å². The van der Waals surface area contributed by atoms with Gasteiger partial charge in [0.15, 0.2) is 0 Å². The van der Waals surface area contributed by atoms with Crippen molar-refractivity contribution in [2.45, 2.75) is 58.5 Å². The minimum atomic E-state index is -0.528. The van der Waals surface area contributed by atoms with Gasteiger partial charge in [0.25, 0.3) is 0 Å². The highest BCUT2D eigenvalue weighted by atomic mass is 32.2. The molecule has 1 rings (SSSR count). The van der Waals surface area contributed by atoms with Gasteiger partial charge in [-0.25, -0.2) is 0 Å². The maximum atomic E-state index is 11.2. The second kappa shape index (κ2) is 6.64. The van der Waals surface area contributed by atoms with Crippen LogP contribution in [0.15, 0.2) is 0 Å². The predicted molar refractivity (Wildman–Crippen MR) is 67.6 cm³/mol. The van der Waals surface area contributed by atoms with Crippen LogP contribution in [-0.2, 0) is 10.8 Å². The van der Waals surface area contributed by atoms with Gasteiger partial charge < -0.3 is 5.32 Å². The first-order chi connectivity index (χ1) is 7.11. The highest BCUT2D eigenvalue weighted by molar-refractivity contribution is 7.85. The van der Waals surface area contributed by atoms with E-state index in [1.165, 1.54) is 12.8 Å². The Morgan fingerprint density at radius 2 is 1.93 bits per heavy atom. The average Bonchev–Trinajstić information content (AvgIpc) is 2.21. The lowest BCUT2D eigenvalue weighted by atomic mass is 9.99. The van der Waals surface area contributed by atoms with Crippen LogP contribution in [0, 0.1) is 5.92 Å². The molecule has 1 aliphatic heterocycles. The summed E-state index contributed by atoms with van der Waals surface area (Å²) < 4.78 is 11.2. The quantitative estimate of drug-likeness (QED) is 0.787. The van der Waals surface area contributed by atoms with Gasteiger partial charge in [-0.2, -0.15) is 0 Å². The van der Waals surface area contributed by atoms with Crippen molar-refractivity contribution in [2.75, 3.05) is 11.5 Å². The molecule has 1 heterocycles. The van der Waals surface area contributed by atoms with Crippen molar-refractivity contribution in [3.8, 4) is 0 Å². The Bertz CT molecular complexity index is 198. The fourth-order valence-corrected chi connectivity index (χ4v) is 3.50. The Balaban J connectivity index is 2.20. The van der Waals surface area contributed by atoms with E-state index in [9.17, 15) is 4.21 Å². The molecule has 0 aromatic heterocycles. The van der Waals surface area contributed by atoms with Gasteiger partial charge >= 0.3 is 0 Å². The van der Waals surface area contributed by atoms with E-state index in [2.05, 4.69) is 26.1 Å². The van der Waals surface area contributed by atoms with E-state index in [0.717, 1.165) is 30.3 Å². The lowest BCUT2D eigenvalue weighted by molar-refractivity contribution is 0.359. The molecule has 15 heavy (non-hydrogen) atoms. The first kappa shape index (κ1) is 13.2. The van der Waals surface area contributed by atoms with Gasteiger partial charge in [-0.3, -0.25) is 4.21 Å². The third-order valence-electron chi connectivity index (χ3n) is 3.36. The van der Waals surface area contributed by atoms with E-state index in [4.69, 9.17) is 0 Å². The van der Waals surface area contributed by atoms with E-state index in [1.807, 2.05) is 0 Å². The minimum absolute atomic E-state index is 0.528. The zero-order valence-electron chi connectivity index (χ0n) is 10.3. The van der Waals surface area contributed by atoms with E-state index in [1.54, 1.807) is 0 Å². The molecule has 2 atom stereocenters. The standard InChI is InChI=1S/C12H25NOS/c1-4-10(2)9-11(3)13-12-5-7-15(14)8-6-12/h10-13H,4-9H2,1-3H3. The van der Waals surface area contributed by atoms with Crippen molar-refractivity contribution in [1.29, 1.82) is 0 Å². The molecule has 90 valence electrons. The molecule has 0 aromatic rings. The Hall–Kier alpha value is 0.110. The number of hydrogen-bond donors (Lipinski definition) is 1. The SMILES string of the molecule is CCC(C)CC(C)NC1CCS(=O)CC1. The summed E-state index contributed by atoms with van der Waals surface area (Å²) in [6.45, 7) is 6.84. The molecule has 1 saturated heterocycles. The maximum Gasteiger partial charge on any atom is 0.0249 e.